The molecule has 1 aliphatic heterocycles. The first-order valence-corrected chi connectivity index (χ1v) is 10.3. The zero-order valence-electron chi connectivity index (χ0n) is 12.5. The zero-order valence-corrected chi connectivity index (χ0v) is 15.6. The van der Waals surface area contributed by atoms with Crippen LogP contribution in [0.1, 0.15) is 13.3 Å². The molecule has 0 radical (unpaired) electrons. The minimum atomic E-state index is -2.91. The van der Waals surface area contributed by atoms with E-state index >= 15 is 0 Å². The quantitative estimate of drug-likeness (QED) is 0.790. The number of quaternary nitrogens is 1. The van der Waals surface area contributed by atoms with Crippen molar-refractivity contribution < 1.29 is 13.3 Å². The van der Waals surface area contributed by atoms with Gasteiger partial charge >= 0.3 is 0 Å². The molecule has 1 aliphatic rings. The minimum absolute atomic E-state index is 0.0794. The predicted octanol–water partition coefficient (Wildman–Crippen LogP) is 1.22. The molecule has 1 unspecified atom stereocenters. The van der Waals surface area contributed by atoms with Crippen LogP contribution in [0.4, 0.5) is 0 Å². The van der Waals surface area contributed by atoms with Crippen molar-refractivity contribution in [3.8, 4) is 0 Å². The molecular weight excluding hydrogens is 379 g/mol. The Balaban J connectivity index is 1.93. The van der Waals surface area contributed by atoms with Crippen molar-refractivity contribution in [3.63, 3.8) is 0 Å². The van der Waals surface area contributed by atoms with Crippen LogP contribution in [-0.4, -0.2) is 46.7 Å². The largest absolute Gasteiger partial charge is 0.313 e. The smallest absolute Gasteiger partial charge is 0.207 e. The molecule has 2 atom stereocenters. The molecule has 1 saturated heterocycles. The summed E-state index contributed by atoms with van der Waals surface area (Å²) in [5.41, 5.74) is 0.551. The molecule has 0 saturated carbocycles. The van der Waals surface area contributed by atoms with Crippen LogP contribution in [0.2, 0.25) is 10.0 Å². The summed E-state index contributed by atoms with van der Waals surface area (Å²) in [6, 6.07) is 1.70. The third kappa shape index (κ3) is 3.41. The van der Waals surface area contributed by atoms with Crippen LogP contribution in [-0.2, 0) is 16.5 Å². The monoisotopic (exact) mass is 395 g/mol. The lowest BCUT2D eigenvalue weighted by Crippen LogP contribution is -3.15. The van der Waals surface area contributed by atoms with E-state index in [-0.39, 0.29) is 17.5 Å². The number of halogens is 2. The molecule has 0 aromatic carbocycles. The molecule has 0 amide bonds. The zero-order chi connectivity index (χ0) is 16.8. The van der Waals surface area contributed by atoms with Gasteiger partial charge in [0.05, 0.1) is 22.3 Å². The number of hydrogen-bond donors (Lipinski definition) is 1. The van der Waals surface area contributed by atoms with E-state index in [4.69, 9.17) is 35.4 Å². The van der Waals surface area contributed by atoms with Gasteiger partial charge in [-0.2, -0.15) is 4.68 Å². The molecule has 23 heavy (non-hydrogen) atoms. The molecule has 10 heteroatoms. The van der Waals surface area contributed by atoms with E-state index in [1.165, 1.54) is 0 Å². The fourth-order valence-corrected chi connectivity index (χ4v) is 5.57. The number of fused-ring (bicyclic) bond motifs is 1. The molecule has 2 aromatic heterocycles. The third-order valence-corrected chi connectivity index (χ3v) is 6.88. The van der Waals surface area contributed by atoms with E-state index in [1.54, 1.807) is 21.3 Å². The summed E-state index contributed by atoms with van der Waals surface area (Å²) in [6.07, 6.45) is 2.36. The minimum Gasteiger partial charge on any atom is -0.313 e. The third-order valence-electron chi connectivity index (χ3n) is 4.22. The van der Waals surface area contributed by atoms with Gasteiger partial charge in [-0.15, -0.1) is 5.10 Å². The lowest BCUT2D eigenvalue weighted by molar-refractivity contribution is -0.943. The Morgan fingerprint density at radius 3 is 2.83 bits per heavy atom. The van der Waals surface area contributed by atoms with Crippen LogP contribution in [0.3, 0.4) is 0 Å². The van der Waals surface area contributed by atoms with Crippen LogP contribution in [0.5, 0.6) is 0 Å². The fourth-order valence-electron chi connectivity index (χ4n) is 2.99. The van der Waals surface area contributed by atoms with E-state index < -0.39 is 9.84 Å². The molecule has 0 spiro atoms. The first kappa shape index (κ1) is 17.2. The Morgan fingerprint density at radius 1 is 1.48 bits per heavy atom. The van der Waals surface area contributed by atoms with Gasteiger partial charge in [0, 0.05) is 12.6 Å². The highest BCUT2D eigenvalue weighted by Crippen LogP contribution is 2.21. The Labute approximate surface area is 149 Å². The number of nitrogens with one attached hydrogen (secondary N) is 1. The van der Waals surface area contributed by atoms with Crippen LogP contribution >= 0.6 is 35.4 Å². The van der Waals surface area contributed by atoms with Gasteiger partial charge in [-0.1, -0.05) is 23.2 Å². The average molecular weight is 396 g/mol. The summed E-state index contributed by atoms with van der Waals surface area (Å²) in [4.78, 5) is 1.15. The molecule has 6 nitrogen and oxygen atoms in total. The Kier molecular flexibility index (Phi) is 4.72. The van der Waals surface area contributed by atoms with Crippen LogP contribution in [0.25, 0.3) is 5.65 Å². The van der Waals surface area contributed by atoms with E-state index in [0.717, 1.165) is 11.4 Å². The van der Waals surface area contributed by atoms with Gasteiger partial charge in [-0.3, -0.25) is 4.40 Å². The Hall–Kier alpha value is -0.670. The standard InChI is InChI=1S/C13H16Cl2N4O2S2/c1-2-17(10-3-4-23(20,21)7-10)8-19-13(22)18-6-9(14)5-11(15)12(18)16-19/h5-6,10H,2-4,7-8H2,1H3/p+1/t10-/m1/s1. The van der Waals surface area contributed by atoms with Gasteiger partial charge in [0.2, 0.25) is 4.77 Å². The summed E-state index contributed by atoms with van der Waals surface area (Å²) in [5.74, 6) is 0.489. The second kappa shape index (κ2) is 6.33. The average Bonchev–Trinajstić information content (AvgIpc) is 2.98. The molecule has 1 fully saturated rings. The maximum atomic E-state index is 11.7. The highest BCUT2D eigenvalue weighted by atomic mass is 35.5. The molecular formula is C13H17Cl2N4O2S2+. The van der Waals surface area contributed by atoms with Crippen molar-refractivity contribution in [2.75, 3.05) is 18.1 Å². The van der Waals surface area contributed by atoms with Crippen molar-refractivity contribution in [3.05, 3.63) is 27.1 Å². The van der Waals surface area contributed by atoms with Crippen molar-refractivity contribution >= 4 is 50.9 Å². The van der Waals surface area contributed by atoms with E-state index in [0.29, 0.717) is 33.6 Å². The van der Waals surface area contributed by atoms with E-state index in [2.05, 4.69) is 5.10 Å². The van der Waals surface area contributed by atoms with Crippen molar-refractivity contribution in [1.82, 2.24) is 14.2 Å². The molecule has 0 bridgehead atoms. The Morgan fingerprint density at radius 2 is 2.22 bits per heavy atom. The molecule has 3 heterocycles. The maximum absolute atomic E-state index is 11.7. The summed E-state index contributed by atoms with van der Waals surface area (Å²) in [5, 5.41) is 5.38. The summed E-state index contributed by atoms with van der Waals surface area (Å²) >= 11 is 17.6. The normalized spacial score (nSPS) is 21.8. The van der Waals surface area contributed by atoms with Crippen molar-refractivity contribution in [1.29, 1.82) is 0 Å². The van der Waals surface area contributed by atoms with Gasteiger partial charge in [0.25, 0.3) is 0 Å². The second-order valence-corrected chi connectivity index (χ2v) is 9.19. The molecule has 2 aromatic rings. The summed E-state index contributed by atoms with van der Waals surface area (Å²) in [7, 11) is -2.91. The van der Waals surface area contributed by atoms with Crippen molar-refractivity contribution in [2.24, 2.45) is 0 Å². The van der Waals surface area contributed by atoms with Gasteiger partial charge < -0.3 is 4.90 Å². The number of aromatic nitrogens is 3. The number of rotatable bonds is 4. The molecule has 126 valence electrons. The van der Waals surface area contributed by atoms with Gasteiger partial charge in [0.1, 0.15) is 11.8 Å². The fraction of sp³-hybridized carbons (Fsp3) is 0.538. The molecule has 0 aliphatic carbocycles. The topological polar surface area (TPSA) is 60.8 Å². The number of sulfone groups is 1. The molecule has 3 rings (SSSR count). The highest BCUT2D eigenvalue weighted by molar-refractivity contribution is 7.91. The van der Waals surface area contributed by atoms with Gasteiger partial charge in [-0.25, -0.2) is 8.42 Å². The second-order valence-electron chi connectivity index (χ2n) is 5.75. The van der Waals surface area contributed by atoms with Gasteiger partial charge in [-0.05, 0) is 25.2 Å². The lowest BCUT2D eigenvalue weighted by Gasteiger charge is -2.22. The van der Waals surface area contributed by atoms with Gasteiger partial charge in [0.15, 0.2) is 22.2 Å². The molecule has 1 N–H and O–H groups in total. The predicted molar refractivity (Wildman–Crippen MR) is 92.6 cm³/mol. The first-order chi connectivity index (χ1) is 10.8. The maximum Gasteiger partial charge on any atom is 0.207 e. The number of nitrogens with zero attached hydrogens (tertiary/aromatic N) is 3. The van der Waals surface area contributed by atoms with E-state index in [1.807, 2.05) is 6.92 Å². The lowest BCUT2D eigenvalue weighted by atomic mass is 10.2. The summed E-state index contributed by atoms with van der Waals surface area (Å²) in [6.45, 7) is 3.33. The number of pyridine rings is 1. The highest BCUT2D eigenvalue weighted by Gasteiger charge is 2.35. The van der Waals surface area contributed by atoms with Crippen LogP contribution < -0.4 is 4.90 Å². The number of hydrogen-bond acceptors (Lipinski definition) is 4. The Bertz CT molecular complexity index is 907. The SMILES string of the molecule is CC[NH+](Cn1nc2c(Cl)cc(Cl)cn2c1=S)[C@@H]1CCS(=O)(=O)C1. The van der Waals surface area contributed by atoms with Crippen LogP contribution in [0.15, 0.2) is 12.3 Å². The van der Waals surface area contributed by atoms with Crippen molar-refractivity contribution in [2.45, 2.75) is 26.1 Å². The van der Waals surface area contributed by atoms with E-state index in [9.17, 15) is 8.42 Å². The first-order valence-electron chi connectivity index (χ1n) is 7.30. The van der Waals surface area contributed by atoms with Crippen LogP contribution in [0, 0.1) is 4.77 Å². The summed E-state index contributed by atoms with van der Waals surface area (Å²) < 4.78 is 27.3.